The molecule has 0 aromatic carbocycles. The highest BCUT2D eigenvalue weighted by Gasteiger charge is 2.32. The first kappa shape index (κ1) is 12.9. The predicted molar refractivity (Wildman–Crippen MR) is 69.8 cm³/mol. The molecule has 1 saturated heterocycles. The number of rotatable bonds is 4. The van der Waals surface area contributed by atoms with Crippen LogP contribution in [-0.2, 0) is 4.79 Å². The summed E-state index contributed by atoms with van der Waals surface area (Å²) >= 11 is 0. The summed E-state index contributed by atoms with van der Waals surface area (Å²) in [5.74, 6) is 1.17. The quantitative estimate of drug-likeness (QED) is 0.749. The summed E-state index contributed by atoms with van der Waals surface area (Å²) in [6, 6.07) is 1.01. The lowest BCUT2D eigenvalue weighted by Crippen LogP contribution is -2.47. The van der Waals surface area contributed by atoms with E-state index in [1.165, 1.54) is 32.1 Å². The van der Waals surface area contributed by atoms with Gasteiger partial charge in [-0.05, 0) is 58.9 Å². The highest BCUT2D eigenvalue weighted by molar-refractivity contribution is 5.78. The van der Waals surface area contributed by atoms with Crippen molar-refractivity contribution in [2.24, 2.45) is 5.92 Å². The molecule has 2 fully saturated rings. The lowest BCUT2D eigenvalue weighted by molar-refractivity contribution is -0.135. The van der Waals surface area contributed by atoms with E-state index in [0.29, 0.717) is 24.5 Å². The van der Waals surface area contributed by atoms with Gasteiger partial charge in [-0.25, -0.2) is 0 Å². The maximum absolute atomic E-state index is 12.3. The number of hydrogen-bond donors (Lipinski definition) is 0. The first-order valence-electron chi connectivity index (χ1n) is 7.09. The third kappa shape index (κ3) is 3.21. The second kappa shape index (κ2) is 5.38. The van der Waals surface area contributed by atoms with E-state index in [9.17, 15) is 4.79 Å². The smallest absolute Gasteiger partial charge is 0.236 e. The van der Waals surface area contributed by atoms with Gasteiger partial charge in [0.2, 0.25) is 5.91 Å². The summed E-state index contributed by atoms with van der Waals surface area (Å²) in [6.07, 6.45) is 6.32. The number of amides is 1. The van der Waals surface area contributed by atoms with Crippen LogP contribution in [0.25, 0.3) is 0 Å². The number of carbonyl (C=O) groups excluding carboxylic acids is 1. The molecule has 2 rings (SSSR count). The Morgan fingerprint density at radius 1 is 1.35 bits per heavy atom. The van der Waals surface area contributed by atoms with Crippen molar-refractivity contribution in [1.29, 1.82) is 0 Å². The van der Waals surface area contributed by atoms with Crippen LogP contribution in [0.3, 0.4) is 0 Å². The Hall–Kier alpha value is -0.570. The van der Waals surface area contributed by atoms with Crippen LogP contribution >= 0.6 is 0 Å². The van der Waals surface area contributed by atoms with Crippen LogP contribution in [0.5, 0.6) is 0 Å². The lowest BCUT2D eigenvalue weighted by Gasteiger charge is -2.35. The van der Waals surface area contributed by atoms with Crippen molar-refractivity contribution in [2.75, 3.05) is 20.1 Å². The van der Waals surface area contributed by atoms with Gasteiger partial charge in [-0.2, -0.15) is 0 Å². The molecule has 1 amide bonds. The molecule has 1 heterocycles. The van der Waals surface area contributed by atoms with Crippen LogP contribution in [-0.4, -0.2) is 47.9 Å². The highest BCUT2D eigenvalue weighted by atomic mass is 16.2. The molecule has 0 radical (unpaired) electrons. The Bertz CT molecular complexity index is 275. The standard InChI is InChI=1S/C14H26N2O/c1-11-6-4-5-9-16(11)14(17)10-15(3)12(2)13-7-8-13/h11-13H,4-10H2,1-3H3/t11-,12+/m0/s1. The molecule has 0 spiro atoms. The van der Waals surface area contributed by atoms with Crippen molar-refractivity contribution < 1.29 is 4.79 Å². The Labute approximate surface area is 105 Å². The van der Waals surface area contributed by atoms with Crippen LogP contribution in [0, 0.1) is 5.92 Å². The maximum atomic E-state index is 12.3. The number of piperidine rings is 1. The highest BCUT2D eigenvalue weighted by Crippen LogP contribution is 2.34. The van der Waals surface area contributed by atoms with E-state index in [0.717, 1.165) is 12.5 Å². The molecule has 3 nitrogen and oxygen atoms in total. The van der Waals surface area contributed by atoms with Gasteiger partial charge >= 0.3 is 0 Å². The van der Waals surface area contributed by atoms with Crippen molar-refractivity contribution in [3.63, 3.8) is 0 Å². The first-order valence-corrected chi connectivity index (χ1v) is 7.09. The van der Waals surface area contributed by atoms with Gasteiger partial charge < -0.3 is 4.90 Å². The molecule has 2 atom stereocenters. The number of likely N-dealkylation sites (N-methyl/N-ethyl adjacent to an activating group) is 1. The van der Waals surface area contributed by atoms with E-state index < -0.39 is 0 Å². The summed E-state index contributed by atoms with van der Waals surface area (Å²) < 4.78 is 0. The zero-order valence-corrected chi connectivity index (χ0v) is 11.5. The first-order chi connectivity index (χ1) is 8.09. The molecule has 1 saturated carbocycles. The van der Waals surface area contributed by atoms with Gasteiger partial charge in [0.15, 0.2) is 0 Å². The van der Waals surface area contributed by atoms with Gasteiger partial charge in [-0.1, -0.05) is 0 Å². The Morgan fingerprint density at radius 3 is 2.65 bits per heavy atom. The summed E-state index contributed by atoms with van der Waals surface area (Å²) in [7, 11) is 2.09. The molecule has 0 aromatic heterocycles. The average Bonchev–Trinajstić information content (AvgIpc) is 3.12. The van der Waals surface area contributed by atoms with Crippen molar-refractivity contribution in [1.82, 2.24) is 9.80 Å². The average molecular weight is 238 g/mol. The van der Waals surface area contributed by atoms with Gasteiger partial charge in [-0.15, -0.1) is 0 Å². The van der Waals surface area contributed by atoms with Crippen molar-refractivity contribution in [2.45, 2.75) is 58.0 Å². The lowest BCUT2D eigenvalue weighted by atomic mass is 10.0. The Balaban J connectivity index is 1.82. The van der Waals surface area contributed by atoms with E-state index in [4.69, 9.17) is 0 Å². The Morgan fingerprint density at radius 2 is 2.06 bits per heavy atom. The van der Waals surface area contributed by atoms with Crippen molar-refractivity contribution >= 4 is 5.91 Å². The summed E-state index contributed by atoms with van der Waals surface area (Å²) in [5, 5.41) is 0. The zero-order valence-electron chi connectivity index (χ0n) is 11.5. The molecule has 1 aliphatic heterocycles. The Kier molecular flexibility index (Phi) is 4.08. The van der Waals surface area contributed by atoms with Gasteiger partial charge in [0.1, 0.15) is 0 Å². The molecule has 0 bridgehead atoms. The molecule has 3 heteroatoms. The number of likely N-dealkylation sites (tertiary alicyclic amines) is 1. The van der Waals surface area contributed by atoms with Crippen molar-refractivity contribution in [3.8, 4) is 0 Å². The van der Waals surface area contributed by atoms with E-state index >= 15 is 0 Å². The molecule has 0 N–H and O–H groups in total. The topological polar surface area (TPSA) is 23.6 Å². The van der Waals surface area contributed by atoms with Crippen LogP contribution in [0.15, 0.2) is 0 Å². The van der Waals surface area contributed by atoms with Gasteiger partial charge in [-0.3, -0.25) is 9.69 Å². The molecule has 0 aromatic rings. The fourth-order valence-electron chi connectivity index (χ4n) is 2.86. The predicted octanol–water partition coefficient (Wildman–Crippen LogP) is 2.12. The molecule has 2 aliphatic rings. The van der Waals surface area contributed by atoms with E-state index in [-0.39, 0.29) is 0 Å². The molecular formula is C14H26N2O. The number of hydrogen-bond acceptors (Lipinski definition) is 2. The number of carbonyl (C=O) groups is 1. The van der Waals surface area contributed by atoms with Gasteiger partial charge in [0.25, 0.3) is 0 Å². The van der Waals surface area contributed by atoms with Crippen LogP contribution in [0.1, 0.15) is 46.0 Å². The molecule has 98 valence electrons. The fraction of sp³-hybridized carbons (Fsp3) is 0.929. The normalized spacial score (nSPS) is 27.3. The largest absolute Gasteiger partial charge is 0.339 e. The molecule has 0 unspecified atom stereocenters. The van der Waals surface area contributed by atoms with Crippen LogP contribution < -0.4 is 0 Å². The monoisotopic (exact) mass is 238 g/mol. The molecule has 1 aliphatic carbocycles. The second-order valence-corrected chi connectivity index (χ2v) is 5.93. The van der Waals surface area contributed by atoms with Crippen molar-refractivity contribution in [3.05, 3.63) is 0 Å². The summed E-state index contributed by atoms with van der Waals surface area (Å²) in [4.78, 5) is 16.6. The molecule has 17 heavy (non-hydrogen) atoms. The van der Waals surface area contributed by atoms with E-state index in [1.807, 2.05) is 0 Å². The maximum Gasteiger partial charge on any atom is 0.236 e. The fourth-order valence-corrected chi connectivity index (χ4v) is 2.86. The zero-order chi connectivity index (χ0) is 12.4. The summed E-state index contributed by atoms with van der Waals surface area (Å²) in [6.45, 7) is 6.00. The third-order valence-electron chi connectivity index (χ3n) is 4.51. The van der Waals surface area contributed by atoms with E-state index in [1.54, 1.807) is 0 Å². The minimum Gasteiger partial charge on any atom is -0.339 e. The van der Waals surface area contributed by atoms with E-state index in [2.05, 4.69) is 30.7 Å². The number of nitrogens with zero attached hydrogens (tertiary/aromatic N) is 2. The SMILES string of the molecule is C[C@H](C1CC1)N(C)CC(=O)N1CCCC[C@@H]1C. The van der Waals surface area contributed by atoms with Gasteiger partial charge in [0, 0.05) is 18.6 Å². The minimum absolute atomic E-state index is 0.326. The van der Waals surface area contributed by atoms with Crippen LogP contribution in [0.2, 0.25) is 0 Å². The van der Waals surface area contributed by atoms with Crippen LogP contribution in [0.4, 0.5) is 0 Å². The second-order valence-electron chi connectivity index (χ2n) is 5.93. The minimum atomic E-state index is 0.326. The third-order valence-corrected chi connectivity index (χ3v) is 4.51. The summed E-state index contributed by atoms with van der Waals surface area (Å²) in [5.41, 5.74) is 0. The molecular weight excluding hydrogens is 212 g/mol. The van der Waals surface area contributed by atoms with Gasteiger partial charge in [0.05, 0.1) is 6.54 Å².